The third kappa shape index (κ3) is 6.36. The van der Waals surface area contributed by atoms with Crippen molar-refractivity contribution in [2.45, 2.75) is 31.1 Å². The predicted molar refractivity (Wildman–Crippen MR) is 102 cm³/mol. The smallest absolute Gasteiger partial charge is 0.404 e. The van der Waals surface area contributed by atoms with Crippen LogP contribution in [0.4, 0.5) is 18.9 Å². The molecular weight excluding hydrogens is 482 g/mol. The van der Waals surface area contributed by atoms with Gasteiger partial charge in [-0.05, 0) is 12.1 Å². The van der Waals surface area contributed by atoms with Crippen LogP contribution in [-0.2, 0) is 14.2 Å². The summed E-state index contributed by atoms with van der Waals surface area (Å²) in [5.74, 6) is -1.05. The van der Waals surface area contributed by atoms with E-state index in [1.165, 1.54) is 18.2 Å². The van der Waals surface area contributed by atoms with Crippen LogP contribution in [0.5, 0.6) is 5.75 Å². The summed E-state index contributed by atoms with van der Waals surface area (Å²) >= 11 is 0. The third-order valence-electron chi connectivity index (χ3n) is 4.01. The zero-order valence-corrected chi connectivity index (χ0v) is 16.7. The number of halogens is 4. The number of alkyl halides is 3. The average Bonchev–Trinajstić information content (AvgIpc) is 2.97. The number of benzene rings is 1. The summed E-state index contributed by atoms with van der Waals surface area (Å²) in [5.41, 5.74) is 5.84. The number of aliphatic imine (C=N–C) groups is 1. The van der Waals surface area contributed by atoms with Gasteiger partial charge < -0.3 is 30.0 Å². The monoisotopic (exact) mass is 503 g/mol. The number of ether oxygens (including phenoxy) is 4. The lowest BCUT2D eigenvalue weighted by Gasteiger charge is -2.31. The molecule has 2 aliphatic heterocycles. The predicted octanol–water partition coefficient (Wildman–Crippen LogP) is 2.85. The standard InChI is InChI=1S/C16H20F3N3O4.HI/c17-16(18,19)26-13-4-2-1-3-12(13)22-14(20)21-9-11-10-24-15(25-11)5-7-23-8-6-15;/h1-4,11H,5-10H2,(H3,20,21,22);1H. The number of rotatable bonds is 4. The highest BCUT2D eigenvalue weighted by Crippen LogP contribution is 2.33. The maximum Gasteiger partial charge on any atom is 0.573 e. The Kier molecular flexibility index (Phi) is 7.54. The molecule has 1 unspecified atom stereocenters. The van der Waals surface area contributed by atoms with Crippen molar-refractivity contribution < 1.29 is 32.1 Å². The fourth-order valence-corrected chi connectivity index (χ4v) is 2.81. The number of nitrogens with two attached hydrogens (primary N) is 1. The van der Waals surface area contributed by atoms with Gasteiger partial charge in [0.05, 0.1) is 32.1 Å². The van der Waals surface area contributed by atoms with Gasteiger partial charge in [0, 0.05) is 12.8 Å². The molecule has 1 spiro atoms. The Balaban J connectivity index is 0.00000261. The van der Waals surface area contributed by atoms with Crippen LogP contribution in [0.3, 0.4) is 0 Å². The highest BCUT2D eigenvalue weighted by molar-refractivity contribution is 14.0. The largest absolute Gasteiger partial charge is 0.573 e. The Morgan fingerprint density at radius 1 is 1.30 bits per heavy atom. The van der Waals surface area contributed by atoms with Crippen LogP contribution in [0.2, 0.25) is 0 Å². The summed E-state index contributed by atoms with van der Waals surface area (Å²) in [6, 6.07) is 5.58. The van der Waals surface area contributed by atoms with Gasteiger partial charge in [0.1, 0.15) is 6.10 Å². The highest BCUT2D eigenvalue weighted by Gasteiger charge is 2.42. The minimum atomic E-state index is -4.79. The van der Waals surface area contributed by atoms with E-state index in [4.69, 9.17) is 19.9 Å². The van der Waals surface area contributed by atoms with E-state index in [1.54, 1.807) is 6.07 Å². The van der Waals surface area contributed by atoms with E-state index in [-0.39, 0.29) is 54.0 Å². The number of nitrogens with one attached hydrogen (secondary N) is 1. The van der Waals surface area contributed by atoms with Crippen molar-refractivity contribution in [3.05, 3.63) is 24.3 Å². The lowest BCUT2D eigenvalue weighted by Crippen LogP contribution is -2.38. The number of para-hydroxylation sites is 2. The Hall–Kier alpha value is -1.31. The Morgan fingerprint density at radius 2 is 2.00 bits per heavy atom. The fraction of sp³-hybridized carbons (Fsp3) is 0.562. The van der Waals surface area contributed by atoms with E-state index >= 15 is 0 Å². The first-order valence-electron chi connectivity index (χ1n) is 8.16. The van der Waals surface area contributed by atoms with Crippen molar-refractivity contribution in [1.82, 2.24) is 0 Å². The van der Waals surface area contributed by atoms with E-state index in [1.807, 2.05) is 0 Å². The molecule has 0 amide bonds. The van der Waals surface area contributed by atoms with Gasteiger partial charge in [0.15, 0.2) is 17.5 Å². The lowest BCUT2D eigenvalue weighted by molar-refractivity contribution is -0.274. The molecule has 27 heavy (non-hydrogen) atoms. The molecular formula is C16H21F3IN3O4. The molecule has 0 aromatic heterocycles. The maximum atomic E-state index is 12.4. The molecule has 11 heteroatoms. The number of anilines is 1. The van der Waals surface area contributed by atoms with Crippen LogP contribution in [0, 0.1) is 0 Å². The second-order valence-corrected chi connectivity index (χ2v) is 5.97. The molecule has 0 saturated carbocycles. The van der Waals surface area contributed by atoms with E-state index in [9.17, 15) is 13.2 Å². The van der Waals surface area contributed by atoms with E-state index < -0.39 is 12.1 Å². The molecule has 2 fully saturated rings. The van der Waals surface area contributed by atoms with Crippen molar-refractivity contribution in [3.63, 3.8) is 0 Å². The molecule has 7 nitrogen and oxygen atoms in total. The molecule has 0 radical (unpaired) electrons. The summed E-state index contributed by atoms with van der Waals surface area (Å²) < 4.78 is 58.2. The average molecular weight is 503 g/mol. The fourth-order valence-electron chi connectivity index (χ4n) is 2.81. The maximum absolute atomic E-state index is 12.4. The zero-order chi connectivity index (χ0) is 18.6. The van der Waals surface area contributed by atoms with Gasteiger partial charge >= 0.3 is 6.36 Å². The summed E-state index contributed by atoms with van der Waals surface area (Å²) in [7, 11) is 0. The van der Waals surface area contributed by atoms with Crippen LogP contribution >= 0.6 is 24.0 Å². The first kappa shape index (κ1) is 22.0. The summed E-state index contributed by atoms with van der Waals surface area (Å²) in [4.78, 5) is 4.13. The molecule has 0 bridgehead atoms. The number of guanidine groups is 1. The minimum absolute atomic E-state index is 0. The van der Waals surface area contributed by atoms with Crippen molar-refractivity contribution in [2.24, 2.45) is 10.7 Å². The molecule has 1 aromatic rings. The first-order chi connectivity index (χ1) is 12.4. The second-order valence-electron chi connectivity index (χ2n) is 5.97. The van der Waals surface area contributed by atoms with E-state index in [0.717, 1.165) is 0 Å². The molecule has 3 N–H and O–H groups in total. The number of hydrogen-bond donors (Lipinski definition) is 2. The van der Waals surface area contributed by atoms with E-state index in [0.29, 0.717) is 32.7 Å². The Bertz CT molecular complexity index is 654. The molecule has 152 valence electrons. The van der Waals surface area contributed by atoms with Gasteiger partial charge in [-0.15, -0.1) is 37.1 Å². The normalized spacial score (nSPS) is 22.3. The topological polar surface area (TPSA) is 87.3 Å². The van der Waals surface area contributed by atoms with Crippen molar-refractivity contribution in [2.75, 3.05) is 31.7 Å². The van der Waals surface area contributed by atoms with Gasteiger partial charge in [-0.3, -0.25) is 4.99 Å². The van der Waals surface area contributed by atoms with Crippen LogP contribution < -0.4 is 15.8 Å². The Morgan fingerprint density at radius 3 is 2.70 bits per heavy atom. The minimum Gasteiger partial charge on any atom is -0.404 e. The second kappa shape index (κ2) is 9.26. The zero-order valence-electron chi connectivity index (χ0n) is 14.3. The van der Waals surface area contributed by atoms with Crippen LogP contribution in [0.25, 0.3) is 0 Å². The molecule has 0 aliphatic carbocycles. The molecule has 1 atom stereocenters. The summed E-state index contributed by atoms with van der Waals surface area (Å²) in [6.45, 7) is 1.76. The van der Waals surface area contributed by atoms with E-state index in [2.05, 4.69) is 15.0 Å². The molecule has 2 aliphatic rings. The lowest BCUT2D eigenvalue weighted by atomic mass is 10.1. The Labute approximate surface area is 171 Å². The van der Waals surface area contributed by atoms with Gasteiger partial charge in [-0.1, -0.05) is 12.1 Å². The first-order valence-corrected chi connectivity index (χ1v) is 8.16. The van der Waals surface area contributed by atoms with Crippen molar-refractivity contribution >= 4 is 35.6 Å². The van der Waals surface area contributed by atoms with Crippen molar-refractivity contribution in [1.29, 1.82) is 0 Å². The quantitative estimate of drug-likeness (QED) is 0.374. The number of nitrogens with zero attached hydrogens (tertiary/aromatic N) is 1. The highest BCUT2D eigenvalue weighted by atomic mass is 127. The van der Waals surface area contributed by atoms with Gasteiger partial charge in [-0.2, -0.15) is 0 Å². The number of hydrogen-bond acceptors (Lipinski definition) is 5. The van der Waals surface area contributed by atoms with Gasteiger partial charge in [-0.25, -0.2) is 0 Å². The van der Waals surface area contributed by atoms with Crippen LogP contribution in [-0.4, -0.2) is 50.6 Å². The van der Waals surface area contributed by atoms with Crippen LogP contribution in [0.15, 0.2) is 29.3 Å². The van der Waals surface area contributed by atoms with Crippen LogP contribution in [0.1, 0.15) is 12.8 Å². The summed E-state index contributed by atoms with van der Waals surface area (Å²) in [5, 5.41) is 2.61. The molecule has 2 saturated heterocycles. The van der Waals surface area contributed by atoms with Gasteiger partial charge in [0.25, 0.3) is 0 Å². The molecule has 1 aromatic carbocycles. The van der Waals surface area contributed by atoms with Gasteiger partial charge in [0.2, 0.25) is 0 Å². The third-order valence-corrected chi connectivity index (χ3v) is 4.01. The summed E-state index contributed by atoms with van der Waals surface area (Å²) in [6.07, 6.45) is -3.75. The molecule has 3 rings (SSSR count). The SMILES string of the molecule is I.NC(=NCC1COC2(CCOCC2)O1)Nc1ccccc1OC(F)(F)F. The van der Waals surface area contributed by atoms with Crippen molar-refractivity contribution in [3.8, 4) is 5.75 Å². The molecule has 2 heterocycles.